The highest BCUT2D eigenvalue weighted by Gasteiger charge is 2.26. The Bertz CT molecular complexity index is 351. The first-order valence-corrected chi connectivity index (χ1v) is 6.94. The van der Waals surface area contributed by atoms with E-state index in [1.165, 1.54) is 44.9 Å². The SMILES string of the molecule is CCCCC1CCC(c2noc(N)c2C)CC1. The number of nitrogen functional groups attached to an aromatic ring is 1. The molecule has 0 aliphatic heterocycles. The van der Waals surface area contributed by atoms with E-state index in [0.717, 1.165) is 17.2 Å². The summed E-state index contributed by atoms with van der Waals surface area (Å²) in [6, 6.07) is 0. The van der Waals surface area contributed by atoms with Gasteiger partial charge in [0.25, 0.3) is 0 Å². The zero-order chi connectivity index (χ0) is 12.3. The molecule has 17 heavy (non-hydrogen) atoms. The molecule has 2 rings (SSSR count). The van der Waals surface area contributed by atoms with Crippen molar-refractivity contribution in [3.05, 3.63) is 11.3 Å². The van der Waals surface area contributed by atoms with Crippen LogP contribution in [0, 0.1) is 12.8 Å². The summed E-state index contributed by atoms with van der Waals surface area (Å²) in [4.78, 5) is 0. The lowest BCUT2D eigenvalue weighted by atomic mass is 9.78. The highest BCUT2D eigenvalue weighted by atomic mass is 16.5. The van der Waals surface area contributed by atoms with Crippen molar-refractivity contribution < 1.29 is 4.52 Å². The maximum Gasteiger partial charge on any atom is 0.225 e. The summed E-state index contributed by atoms with van der Waals surface area (Å²) in [7, 11) is 0. The van der Waals surface area contributed by atoms with Gasteiger partial charge in [-0.1, -0.05) is 31.3 Å². The molecule has 0 saturated heterocycles. The molecule has 1 fully saturated rings. The average molecular weight is 236 g/mol. The van der Waals surface area contributed by atoms with Crippen molar-refractivity contribution in [1.29, 1.82) is 0 Å². The summed E-state index contributed by atoms with van der Waals surface area (Å²) < 4.78 is 5.07. The van der Waals surface area contributed by atoms with Crippen molar-refractivity contribution in [2.75, 3.05) is 5.73 Å². The molecule has 1 saturated carbocycles. The maximum atomic E-state index is 5.71. The van der Waals surface area contributed by atoms with Crippen molar-refractivity contribution in [3.63, 3.8) is 0 Å². The van der Waals surface area contributed by atoms with E-state index in [9.17, 15) is 0 Å². The van der Waals surface area contributed by atoms with Gasteiger partial charge in [-0.05, 0) is 38.5 Å². The van der Waals surface area contributed by atoms with E-state index < -0.39 is 0 Å². The van der Waals surface area contributed by atoms with E-state index in [2.05, 4.69) is 12.1 Å². The van der Waals surface area contributed by atoms with Crippen LogP contribution in [0.5, 0.6) is 0 Å². The molecule has 0 atom stereocenters. The number of hydrogen-bond acceptors (Lipinski definition) is 3. The number of aromatic nitrogens is 1. The van der Waals surface area contributed by atoms with E-state index in [0.29, 0.717) is 11.8 Å². The smallest absolute Gasteiger partial charge is 0.225 e. The normalized spacial score (nSPS) is 25.1. The largest absolute Gasteiger partial charge is 0.367 e. The molecule has 0 unspecified atom stereocenters. The van der Waals surface area contributed by atoms with Crippen LogP contribution in [0.2, 0.25) is 0 Å². The molecule has 0 amide bonds. The average Bonchev–Trinajstić information content (AvgIpc) is 2.68. The molecule has 1 aromatic rings. The second kappa shape index (κ2) is 5.56. The van der Waals surface area contributed by atoms with E-state index in [-0.39, 0.29) is 0 Å². The number of nitrogens with zero attached hydrogens (tertiary/aromatic N) is 1. The third-order valence-corrected chi connectivity index (χ3v) is 4.20. The van der Waals surface area contributed by atoms with Crippen LogP contribution >= 0.6 is 0 Å². The zero-order valence-corrected chi connectivity index (χ0v) is 11.0. The van der Waals surface area contributed by atoms with E-state index in [4.69, 9.17) is 10.3 Å². The van der Waals surface area contributed by atoms with Gasteiger partial charge in [-0.25, -0.2) is 0 Å². The first-order valence-electron chi connectivity index (χ1n) is 6.94. The number of hydrogen-bond donors (Lipinski definition) is 1. The lowest BCUT2D eigenvalue weighted by Gasteiger charge is -2.27. The van der Waals surface area contributed by atoms with Gasteiger partial charge in [0.05, 0.1) is 5.69 Å². The standard InChI is InChI=1S/C14H24N2O/c1-3-4-5-11-6-8-12(9-7-11)13-10(2)14(15)17-16-13/h11-12H,3-9,15H2,1-2H3. The highest BCUT2D eigenvalue weighted by molar-refractivity contribution is 5.39. The van der Waals surface area contributed by atoms with Crippen LogP contribution in [-0.4, -0.2) is 5.16 Å². The van der Waals surface area contributed by atoms with Crippen molar-refractivity contribution in [3.8, 4) is 0 Å². The lowest BCUT2D eigenvalue weighted by Crippen LogP contribution is -2.14. The molecule has 3 nitrogen and oxygen atoms in total. The molecule has 96 valence electrons. The first-order chi connectivity index (χ1) is 8.22. The summed E-state index contributed by atoms with van der Waals surface area (Å²) in [5, 5.41) is 4.13. The van der Waals surface area contributed by atoms with Crippen molar-refractivity contribution in [1.82, 2.24) is 5.16 Å². The number of anilines is 1. The molecule has 2 N–H and O–H groups in total. The van der Waals surface area contributed by atoms with Gasteiger partial charge in [-0.3, -0.25) is 0 Å². The minimum atomic E-state index is 0.494. The molecule has 1 heterocycles. The summed E-state index contributed by atoms with van der Waals surface area (Å²) in [6.07, 6.45) is 9.30. The van der Waals surface area contributed by atoms with Crippen molar-refractivity contribution >= 4 is 5.88 Å². The van der Waals surface area contributed by atoms with Gasteiger partial charge in [-0.15, -0.1) is 0 Å². The van der Waals surface area contributed by atoms with E-state index >= 15 is 0 Å². The molecular weight excluding hydrogens is 212 g/mol. The Kier molecular flexibility index (Phi) is 4.08. The fourth-order valence-corrected chi connectivity index (χ4v) is 2.96. The van der Waals surface area contributed by atoms with Gasteiger partial charge < -0.3 is 10.3 Å². The van der Waals surface area contributed by atoms with Gasteiger partial charge in [0.2, 0.25) is 5.88 Å². The maximum absolute atomic E-state index is 5.71. The summed E-state index contributed by atoms with van der Waals surface area (Å²) in [5.41, 5.74) is 7.88. The molecule has 0 bridgehead atoms. The fraction of sp³-hybridized carbons (Fsp3) is 0.786. The monoisotopic (exact) mass is 236 g/mol. The van der Waals surface area contributed by atoms with Gasteiger partial charge >= 0.3 is 0 Å². The van der Waals surface area contributed by atoms with Crippen LogP contribution in [0.4, 0.5) is 5.88 Å². The Morgan fingerprint density at radius 1 is 1.29 bits per heavy atom. The summed E-state index contributed by atoms with van der Waals surface area (Å²) >= 11 is 0. The number of rotatable bonds is 4. The third-order valence-electron chi connectivity index (χ3n) is 4.20. The second-order valence-corrected chi connectivity index (χ2v) is 5.42. The minimum Gasteiger partial charge on any atom is -0.367 e. The molecule has 0 aromatic carbocycles. The Labute approximate surface area is 104 Å². The number of unbranched alkanes of at least 4 members (excludes halogenated alkanes) is 1. The zero-order valence-electron chi connectivity index (χ0n) is 11.0. The fourth-order valence-electron chi connectivity index (χ4n) is 2.96. The Morgan fingerprint density at radius 3 is 2.53 bits per heavy atom. The predicted molar refractivity (Wildman–Crippen MR) is 69.9 cm³/mol. The van der Waals surface area contributed by atoms with E-state index in [1.54, 1.807) is 0 Å². The molecule has 0 spiro atoms. The molecule has 0 radical (unpaired) electrons. The molecule has 1 aliphatic carbocycles. The lowest BCUT2D eigenvalue weighted by molar-refractivity contribution is 0.294. The third kappa shape index (κ3) is 2.82. The molecule has 1 aliphatic rings. The van der Waals surface area contributed by atoms with Crippen LogP contribution in [0.15, 0.2) is 4.52 Å². The van der Waals surface area contributed by atoms with Crippen LogP contribution in [0.25, 0.3) is 0 Å². The van der Waals surface area contributed by atoms with Crippen LogP contribution < -0.4 is 5.73 Å². The van der Waals surface area contributed by atoms with Crippen molar-refractivity contribution in [2.24, 2.45) is 5.92 Å². The number of nitrogens with two attached hydrogens (primary N) is 1. The van der Waals surface area contributed by atoms with Gasteiger partial charge in [0, 0.05) is 11.5 Å². The second-order valence-electron chi connectivity index (χ2n) is 5.42. The van der Waals surface area contributed by atoms with Gasteiger partial charge in [0.1, 0.15) is 0 Å². The quantitative estimate of drug-likeness (QED) is 0.858. The summed E-state index contributed by atoms with van der Waals surface area (Å²) in [5.74, 6) is 2.01. The minimum absolute atomic E-state index is 0.494. The van der Waals surface area contributed by atoms with Gasteiger partial charge in [-0.2, -0.15) is 0 Å². The Morgan fingerprint density at radius 2 is 2.00 bits per heavy atom. The topological polar surface area (TPSA) is 52.0 Å². The Balaban J connectivity index is 1.89. The molecule has 3 heteroatoms. The Hall–Kier alpha value is -0.990. The molecule has 1 aromatic heterocycles. The van der Waals surface area contributed by atoms with Crippen LogP contribution in [0.1, 0.15) is 69.0 Å². The van der Waals surface area contributed by atoms with Crippen LogP contribution in [-0.2, 0) is 0 Å². The van der Waals surface area contributed by atoms with Gasteiger partial charge in [0.15, 0.2) is 0 Å². The molecular formula is C14H24N2O. The first kappa shape index (κ1) is 12.5. The van der Waals surface area contributed by atoms with Crippen molar-refractivity contribution in [2.45, 2.75) is 64.7 Å². The highest BCUT2D eigenvalue weighted by Crippen LogP contribution is 2.39. The van der Waals surface area contributed by atoms with Crippen LogP contribution in [0.3, 0.4) is 0 Å². The van der Waals surface area contributed by atoms with E-state index in [1.807, 2.05) is 6.92 Å². The summed E-state index contributed by atoms with van der Waals surface area (Å²) in [6.45, 7) is 4.29. The predicted octanol–water partition coefficient (Wildman–Crippen LogP) is 4.03.